The van der Waals surface area contributed by atoms with Gasteiger partial charge < -0.3 is 20.9 Å². The lowest BCUT2D eigenvalue weighted by molar-refractivity contribution is -0.118. The maximum absolute atomic E-state index is 13.6. The highest BCUT2D eigenvalue weighted by Gasteiger charge is 2.14. The van der Waals surface area contributed by atoms with Gasteiger partial charge in [0.1, 0.15) is 12.4 Å². The number of nitrogens with two attached hydrogens (primary N) is 1. The number of aromatic nitrogens is 1. The third-order valence-electron chi connectivity index (χ3n) is 4.65. The monoisotopic (exact) mass is 382 g/mol. The molecule has 0 radical (unpaired) electrons. The second-order valence-corrected chi connectivity index (χ2v) is 6.59. The van der Waals surface area contributed by atoms with Crippen LogP contribution in [0.5, 0.6) is 0 Å². The number of rotatable bonds is 8. The van der Waals surface area contributed by atoms with Gasteiger partial charge in [-0.05, 0) is 30.7 Å². The number of nitrogens with one attached hydrogen (secondary N) is 2. The minimum atomic E-state index is -0.457. The molecule has 1 aromatic heterocycles. The fourth-order valence-electron chi connectivity index (χ4n) is 3.28. The Kier molecular flexibility index (Phi) is 6.06. The molecule has 0 unspecified atom stereocenters. The van der Waals surface area contributed by atoms with Crippen LogP contribution in [0.1, 0.15) is 17.7 Å². The van der Waals surface area contributed by atoms with E-state index in [0.29, 0.717) is 13.1 Å². The molecule has 146 valence electrons. The molecule has 0 aliphatic rings. The highest BCUT2D eigenvalue weighted by atomic mass is 19.1. The predicted octanol–water partition coefficient (Wildman–Crippen LogP) is 2.69. The first-order chi connectivity index (χ1) is 13.5. The van der Waals surface area contributed by atoms with Crippen molar-refractivity contribution in [2.24, 2.45) is 5.73 Å². The maximum Gasteiger partial charge on any atom is 0.237 e. The molecular weight excluding hydrogens is 359 g/mol. The minimum absolute atomic E-state index is 0.122. The molecule has 2 amide bonds. The Balaban J connectivity index is 1.61. The van der Waals surface area contributed by atoms with E-state index in [-0.39, 0.29) is 24.6 Å². The van der Waals surface area contributed by atoms with Crippen molar-refractivity contribution in [3.8, 4) is 0 Å². The highest BCUT2D eigenvalue weighted by molar-refractivity contribution is 5.91. The molecule has 28 heavy (non-hydrogen) atoms. The number of amides is 2. The van der Waals surface area contributed by atoms with Crippen LogP contribution in [0.2, 0.25) is 0 Å². The molecule has 4 N–H and O–H groups in total. The lowest BCUT2D eigenvalue weighted by atomic mass is 10.1. The van der Waals surface area contributed by atoms with Gasteiger partial charge in [-0.3, -0.25) is 9.59 Å². The van der Waals surface area contributed by atoms with E-state index in [1.807, 2.05) is 35.8 Å². The molecule has 0 atom stereocenters. The van der Waals surface area contributed by atoms with Crippen LogP contribution in [-0.4, -0.2) is 22.9 Å². The fraction of sp³-hybridized carbons (Fsp3) is 0.238. The normalized spacial score (nSPS) is 10.9. The first-order valence-electron chi connectivity index (χ1n) is 9.07. The van der Waals surface area contributed by atoms with Crippen molar-refractivity contribution in [1.82, 2.24) is 9.88 Å². The minimum Gasteiger partial charge on any atom is -0.368 e. The van der Waals surface area contributed by atoms with E-state index < -0.39 is 11.7 Å². The van der Waals surface area contributed by atoms with Crippen LogP contribution in [0, 0.1) is 12.7 Å². The summed E-state index contributed by atoms with van der Waals surface area (Å²) in [5.74, 6) is -1.11. The number of benzene rings is 2. The number of halogens is 1. The average molecular weight is 382 g/mol. The van der Waals surface area contributed by atoms with Crippen molar-refractivity contribution >= 4 is 28.4 Å². The maximum atomic E-state index is 13.6. The summed E-state index contributed by atoms with van der Waals surface area (Å²) in [5, 5.41) is 6.86. The van der Waals surface area contributed by atoms with Crippen LogP contribution in [0.4, 0.5) is 10.1 Å². The van der Waals surface area contributed by atoms with Gasteiger partial charge >= 0.3 is 0 Å². The molecule has 0 fully saturated rings. The lowest BCUT2D eigenvalue weighted by Gasteiger charge is -2.08. The number of anilines is 1. The summed E-state index contributed by atoms with van der Waals surface area (Å²) in [6, 6.07) is 13.9. The van der Waals surface area contributed by atoms with Crippen molar-refractivity contribution in [3.63, 3.8) is 0 Å². The molecule has 0 saturated heterocycles. The van der Waals surface area contributed by atoms with Crippen LogP contribution < -0.4 is 16.4 Å². The van der Waals surface area contributed by atoms with Gasteiger partial charge in [0.15, 0.2) is 0 Å². The van der Waals surface area contributed by atoms with Crippen molar-refractivity contribution < 1.29 is 14.0 Å². The summed E-state index contributed by atoms with van der Waals surface area (Å²) < 4.78 is 15.5. The molecule has 0 aliphatic carbocycles. The molecule has 7 heteroatoms. The van der Waals surface area contributed by atoms with Gasteiger partial charge in [-0.15, -0.1) is 0 Å². The van der Waals surface area contributed by atoms with Crippen molar-refractivity contribution in [1.29, 1.82) is 0 Å². The third kappa shape index (κ3) is 4.37. The number of para-hydroxylation sites is 2. The van der Waals surface area contributed by atoms with E-state index in [2.05, 4.69) is 10.6 Å². The first kappa shape index (κ1) is 19.6. The van der Waals surface area contributed by atoms with Gasteiger partial charge in [0.2, 0.25) is 11.8 Å². The Bertz CT molecular complexity index is 1010. The summed E-state index contributed by atoms with van der Waals surface area (Å²) in [4.78, 5) is 23.4. The zero-order chi connectivity index (χ0) is 20.1. The summed E-state index contributed by atoms with van der Waals surface area (Å²) in [6.07, 6.45) is 0.216. The molecule has 0 bridgehead atoms. The van der Waals surface area contributed by atoms with E-state index in [9.17, 15) is 14.0 Å². The van der Waals surface area contributed by atoms with E-state index in [4.69, 9.17) is 5.73 Å². The molecule has 0 saturated carbocycles. The number of carbonyl (C=O) groups excluding carboxylic acids is 2. The largest absolute Gasteiger partial charge is 0.368 e. The zero-order valence-corrected chi connectivity index (χ0v) is 15.7. The van der Waals surface area contributed by atoms with E-state index in [1.165, 1.54) is 12.1 Å². The fourth-order valence-corrected chi connectivity index (χ4v) is 3.28. The third-order valence-corrected chi connectivity index (χ3v) is 4.65. The zero-order valence-electron chi connectivity index (χ0n) is 15.7. The van der Waals surface area contributed by atoms with Gasteiger partial charge in [0, 0.05) is 36.1 Å². The van der Waals surface area contributed by atoms with Crippen LogP contribution in [-0.2, 0) is 22.7 Å². The lowest BCUT2D eigenvalue weighted by Crippen LogP contribution is -2.22. The number of hydrogen-bond acceptors (Lipinski definition) is 3. The van der Waals surface area contributed by atoms with E-state index in [0.717, 1.165) is 22.2 Å². The standard InChI is InChI=1S/C21H23FN4O2/c1-14-16(15-6-2-5-9-19(15)26(14)13-20(23)27)12-24-11-10-21(28)25-18-8-4-3-7-17(18)22/h2-9,24H,10-13H2,1H3,(H2,23,27)(H,25,28). The van der Waals surface area contributed by atoms with Crippen molar-refractivity contribution in [2.45, 2.75) is 26.4 Å². The Hall–Kier alpha value is -3.19. The van der Waals surface area contributed by atoms with Crippen molar-refractivity contribution in [3.05, 3.63) is 65.6 Å². The Morgan fingerprint density at radius 1 is 1.11 bits per heavy atom. The number of nitrogens with zero attached hydrogens (tertiary/aromatic N) is 1. The number of carbonyl (C=O) groups is 2. The van der Waals surface area contributed by atoms with Gasteiger partial charge in [-0.1, -0.05) is 30.3 Å². The molecular formula is C21H23FN4O2. The summed E-state index contributed by atoms with van der Waals surface area (Å²) in [5.41, 5.74) is 8.53. The first-order valence-corrected chi connectivity index (χ1v) is 9.07. The molecule has 3 aromatic rings. The van der Waals surface area contributed by atoms with Crippen LogP contribution >= 0.6 is 0 Å². The molecule has 2 aromatic carbocycles. The van der Waals surface area contributed by atoms with Crippen LogP contribution in [0.3, 0.4) is 0 Å². The Morgan fingerprint density at radius 3 is 2.57 bits per heavy atom. The van der Waals surface area contributed by atoms with Gasteiger partial charge in [-0.25, -0.2) is 4.39 Å². The molecule has 0 aliphatic heterocycles. The van der Waals surface area contributed by atoms with E-state index in [1.54, 1.807) is 12.1 Å². The predicted molar refractivity (Wildman–Crippen MR) is 107 cm³/mol. The number of primary amides is 1. The molecule has 3 rings (SSSR count). The Labute approximate surface area is 162 Å². The summed E-state index contributed by atoms with van der Waals surface area (Å²) in [6.45, 7) is 3.06. The van der Waals surface area contributed by atoms with E-state index >= 15 is 0 Å². The van der Waals surface area contributed by atoms with Gasteiger partial charge in [-0.2, -0.15) is 0 Å². The summed E-state index contributed by atoms with van der Waals surface area (Å²) in [7, 11) is 0. The number of fused-ring (bicyclic) bond motifs is 1. The molecule has 1 heterocycles. The topological polar surface area (TPSA) is 89.2 Å². The van der Waals surface area contributed by atoms with Crippen molar-refractivity contribution in [2.75, 3.05) is 11.9 Å². The quantitative estimate of drug-likeness (QED) is 0.523. The SMILES string of the molecule is Cc1c(CNCCC(=O)Nc2ccccc2F)c2ccccc2n1CC(N)=O. The number of hydrogen-bond donors (Lipinski definition) is 3. The average Bonchev–Trinajstić information content (AvgIpc) is 2.92. The molecule has 0 spiro atoms. The Morgan fingerprint density at radius 2 is 1.82 bits per heavy atom. The van der Waals surface area contributed by atoms with Gasteiger partial charge in [0.25, 0.3) is 0 Å². The van der Waals surface area contributed by atoms with Gasteiger partial charge in [0.05, 0.1) is 5.69 Å². The highest BCUT2D eigenvalue weighted by Crippen LogP contribution is 2.25. The molecule has 6 nitrogen and oxygen atoms in total. The smallest absolute Gasteiger partial charge is 0.237 e. The summed E-state index contributed by atoms with van der Waals surface area (Å²) >= 11 is 0. The van der Waals surface area contributed by atoms with Crippen LogP contribution in [0.15, 0.2) is 48.5 Å². The second-order valence-electron chi connectivity index (χ2n) is 6.59. The second kappa shape index (κ2) is 8.67. The van der Waals surface area contributed by atoms with Crippen LogP contribution in [0.25, 0.3) is 10.9 Å².